The molecule has 0 aliphatic rings. The zero-order valence-corrected chi connectivity index (χ0v) is 12.9. The fourth-order valence-electron chi connectivity index (χ4n) is 1.38. The smallest absolute Gasteiger partial charge is 0.337 e. The second-order valence-electron chi connectivity index (χ2n) is 3.72. The van der Waals surface area contributed by atoms with Gasteiger partial charge in [0.1, 0.15) is 0 Å². The SMILES string of the molecule is CO.COC(=O)c1ccccc1.COC(=O)c1ccccc1. The fraction of sp³-hybridized carbons (Fsp3) is 0.176. The van der Waals surface area contributed by atoms with E-state index in [1.165, 1.54) is 14.2 Å². The number of methoxy groups -OCH3 is 2. The van der Waals surface area contributed by atoms with Crippen molar-refractivity contribution >= 4 is 11.9 Å². The molecule has 0 amide bonds. The molecule has 5 heteroatoms. The summed E-state index contributed by atoms with van der Waals surface area (Å²) >= 11 is 0. The highest BCUT2D eigenvalue weighted by Gasteiger charge is 2.01. The minimum Gasteiger partial charge on any atom is -0.465 e. The van der Waals surface area contributed by atoms with Gasteiger partial charge >= 0.3 is 11.9 Å². The molecule has 0 aliphatic heterocycles. The van der Waals surface area contributed by atoms with Gasteiger partial charge in [0.25, 0.3) is 0 Å². The summed E-state index contributed by atoms with van der Waals surface area (Å²) in [7, 11) is 3.74. The van der Waals surface area contributed by atoms with Crippen LogP contribution in [0.5, 0.6) is 0 Å². The lowest BCUT2D eigenvalue weighted by Gasteiger charge is -1.95. The Morgan fingerprint density at radius 3 is 1.18 bits per heavy atom. The molecule has 0 saturated carbocycles. The molecule has 0 aromatic heterocycles. The standard InChI is InChI=1S/2C8H8O2.CH4O/c2*1-10-8(9)7-5-3-2-4-6-7;1-2/h2*2-6H,1H3;2H,1H3. The van der Waals surface area contributed by atoms with Crippen molar-refractivity contribution in [1.82, 2.24) is 0 Å². The van der Waals surface area contributed by atoms with Gasteiger partial charge in [-0.15, -0.1) is 0 Å². The summed E-state index contributed by atoms with van der Waals surface area (Å²) in [5.41, 5.74) is 1.18. The van der Waals surface area contributed by atoms with Gasteiger partial charge in [0.2, 0.25) is 0 Å². The van der Waals surface area contributed by atoms with Gasteiger partial charge in [0.15, 0.2) is 0 Å². The topological polar surface area (TPSA) is 72.8 Å². The van der Waals surface area contributed by atoms with E-state index in [0.717, 1.165) is 7.11 Å². The van der Waals surface area contributed by atoms with Crippen LogP contribution in [-0.4, -0.2) is 38.4 Å². The molecule has 0 saturated heterocycles. The number of benzene rings is 2. The molecule has 1 N–H and O–H groups in total. The molecule has 0 radical (unpaired) electrons. The van der Waals surface area contributed by atoms with Crippen LogP contribution in [0.2, 0.25) is 0 Å². The molecular weight excluding hydrogens is 284 g/mol. The highest BCUT2D eigenvalue weighted by molar-refractivity contribution is 5.89. The van der Waals surface area contributed by atoms with E-state index in [4.69, 9.17) is 5.11 Å². The first-order valence-electron chi connectivity index (χ1n) is 6.40. The number of aliphatic hydroxyl groups is 1. The lowest BCUT2D eigenvalue weighted by atomic mass is 10.2. The van der Waals surface area contributed by atoms with Crippen LogP contribution in [0, 0.1) is 0 Å². The van der Waals surface area contributed by atoms with E-state index in [1.54, 1.807) is 48.5 Å². The molecule has 2 aromatic carbocycles. The van der Waals surface area contributed by atoms with Crippen molar-refractivity contribution in [3.63, 3.8) is 0 Å². The number of ether oxygens (including phenoxy) is 2. The summed E-state index contributed by atoms with van der Waals surface area (Å²) in [5, 5.41) is 7.00. The van der Waals surface area contributed by atoms with E-state index in [-0.39, 0.29) is 11.9 Å². The number of hydrogen-bond acceptors (Lipinski definition) is 5. The summed E-state index contributed by atoms with van der Waals surface area (Å²) in [6, 6.07) is 17.8. The van der Waals surface area contributed by atoms with Crippen molar-refractivity contribution < 1.29 is 24.2 Å². The van der Waals surface area contributed by atoms with Crippen LogP contribution in [0.25, 0.3) is 0 Å². The second kappa shape index (κ2) is 12.1. The third kappa shape index (κ3) is 7.21. The van der Waals surface area contributed by atoms with Gasteiger partial charge in [-0.25, -0.2) is 9.59 Å². The van der Waals surface area contributed by atoms with Gasteiger partial charge in [-0.3, -0.25) is 0 Å². The molecule has 2 rings (SSSR count). The van der Waals surface area contributed by atoms with Crippen LogP contribution in [0.1, 0.15) is 20.7 Å². The molecule has 0 atom stereocenters. The number of esters is 2. The van der Waals surface area contributed by atoms with Crippen molar-refractivity contribution in [3.8, 4) is 0 Å². The van der Waals surface area contributed by atoms with Crippen molar-refractivity contribution in [2.45, 2.75) is 0 Å². The summed E-state index contributed by atoms with van der Waals surface area (Å²) in [6.45, 7) is 0. The monoisotopic (exact) mass is 304 g/mol. The highest BCUT2D eigenvalue weighted by atomic mass is 16.5. The summed E-state index contributed by atoms with van der Waals surface area (Å²) < 4.78 is 8.99. The van der Waals surface area contributed by atoms with Gasteiger partial charge in [-0.1, -0.05) is 36.4 Å². The average molecular weight is 304 g/mol. The Bertz CT molecular complexity index is 486. The van der Waals surface area contributed by atoms with Crippen molar-refractivity contribution in [1.29, 1.82) is 0 Å². The fourth-order valence-corrected chi connectivity index (χ4v) is 1.38. The molecule has 0 heterocycles. The first-order valence-corrected chi connectivity index (χ1v) is 6.40. The molecule has 2 aromatic rings. The molecule has 118 valence electrons. The Balaban J connectivity index is 0.000000360. The van der Waals surface area contributed by atoms with Gasteiger partial charge in [-0.2, -0.15) is 0 Å². The Morgan fingerprint density at radius 1 is 0.682 bits per heavy atom. The van der Waals surface area contributed by atoms with Crippen LogP contribution in [-0.2, 0) is 9.47 Å². The Hall–Kier alpha value is -2.66. The summed E-state index contributed by atoms with van der Waals surface area (Å²) in [5.74, 6) is -0.582. The van der Waals surface area contributed by atoms with E-state index in [0.29, 0.717) is 11.1 Å². The van der Waals surface area contributed by atoms with Crippen molar-refractivity contribution in [2.75, 3.05) is 21.3 Å². The third-order valence-corrected chi connectivity index (χ3v) is 2.39. The Labute approximate surface area is 130 Å². The van der Waals surface area contributed by atoms with Gasteiger partial charge in [0.05, 0.1) is 25.3 Å². The Morgan fingerprint density at radius 2 is 0.955 bits per heavy atom. The van der Waals surface area contributed by atoms with E-state index < -0.39 is 0 Å². The maximum absolute atomic E-state index is 10.8. The van der Waals surface area contributed by atoms with Gasteiger partial charge in [0, 0.05) is 7.11 Å². The van der Waals surface area contributed by atoms with Crippen LogP contribution >= 0.6 is 0 Å². The Kier molecular flexibility index (Phi) is 10.6. The number of carbonyl (C=O) groups is 2. The number of hydrogen-bond donors (Lipinski definition) is 1. The van der Waals surface area contributed by atoms with Crippen molar-refractivity contribution in [2.24, 2.45) is 0 Å². The van der Waals surface area contributed by atoms with Gasteiger partial charge < -0.3 is 14.6 Å². The number of carbonyl (C=O) groups excluding carboxylic acids is 2. The normalized spacial score (nSPS) is 8.36. The predicted octanol–water partition coefficient (Wildman–Crippen LogP) is 2.55. The lowest BCUT2D eigenvalue weighted by Crippen LogP contribution is -1.99. The predicted molar refractivity (Wildman–Crippen MR) is 83.7 cm³/mol. The first-order chi connectivity index (χ1) is 10.7. The minimum atomic E-state index is -0.291. The van der Waals surface area contributed by atoms with E-state index in [1.807, 2.05) is 12.1 Å². The van der Waals surface area contributed by atoms with Crippen molar-refractivity contribution in [3.05, 3.63) is 71.8 Å². The zero-order valence-electron chi connectivity index (χ0n) is 12.9. The molecule has 0 unspecified atom stereocenters. The van der Waals surface area contributed by atoms with E-state index in [9.17, 15) is 9.59 Å². The maximum Gasteiger partial charge on any atom is 0.337 e. The van der Waals surface area contributed by atoms with Gasteiger partial charge in [-0.05, 0) is 24.3 Å². The molecule has 22 heavy (non-hydrogen) atoms. The van der Waals surface area contributed by atoms with Crippen LogP contribution in [0.4, 0.5) is 0 Å². The van der Waals surface area contributed by atoms with E-state index >= 15 is 0 Å². The van der Waals surface area contributed by atoms with E-state index in [2.05, 4.69) is 9.47 Å². The largest absolute Gasteiger partial charge is 0.465 e. The highest BCUT2D eigenvalue weighted by Crippen LogP contribution is 1.99. The average Bonchev–Trinajstić information content (AvgIpc) is 2.64. The quantitative estimate of drug-likeness (QED) is 0.863. The maximum atomic E-state index is 10.8. The molecule has 0 aliphatic carbocycles. The van der Waals surface area contributed by atoms with Crippen LogP contribution < -0.4 is 0 Å². The number of aliphatic hydroxyl groups excluding tert-OH is 1. The molecular formula is C17H20O5. The lowest BCUT2D eigenvalue weighted by molar-refractivity contribution is 0.0592. The first kappa shape index (κ1) is 19.3. The zero-order chi connectivity index (χ0) is 16.8. The van der Waals surface area contributed by atoms with Crippen LogP contribution in [0.3, 0.4) is 0 Å². The molecule has 5 nitrogen and oxygen atoms in total. The minimum absolute atomic E-state index is 0.291. The number of rotatable bonds is 2. The molecule has 0 fully saturated rings. The summed E-state index contributed by atoms with van der Waals surface area (Å²) in [4.78, 5) is 21.6. The summed E-state index contributed by atoms with van der Waals surface area (Å²) in [6.07, 6.45) is 0. The third-order valence-electron chi connectivity index (χ3n) is 2.39. The molecule has 0 bridgehead atoms. The second-order valence-corrected chi connectivity index (χ2v) is 3.72. The molecule has 0 spiro atoms. The van der Waals surface area contributed by atoms with Crippen LogP contribution in [0.15, 0.2) is 60.7 Å².